The average molecular weight is 410 g/mol. The molecule has 1 amide bonds. The molecule has 4 N–H and O–H groups in total. The van der Waals surface area contributed by atoms with E-state index in [4.69, 9.17) is 22.1 Å². The molecule has 0 bridgehead atoms. The van der Waals surface area contributed by atoms with Crippen molar-refractivity contribution in [3.8, 4) is 5.75 Å². The number of nitrogens with zero attached hydrogens (tertiary/aromatic N) is 2. The summed E-state index contributed by atoms with van der Waals surface area (Å²) in [7, 11) is 1.58. The van der Waals surface area contributed by atoms with Crippen LogP contribution in [0.15, 0.2) is 23.2 Å². The number of hydrogen-bond donors (Lipinski definition) is 3. The minimum atomic E-state index is -0.192. The lowest BCUT2D eigenvalue weighted by Crippen LogP contribution is -2.47. The van der Waals surface area contributed by atoms with E-state index >= 15 is 0 Å². The Hall–Kier alpha value is -1.99. The average Bonchev–Trinajstić information content (AvgIpc) is 2.59. The number of benzene rings is 1. The Morgan fingerprint density at radius 2 is 2.04 bits per heavy atom. The number of hydrogen-bond acceptors (Lipinski definition) is 4. The largest absolute Gasteiger partial charge is 0.495 e. The highest BCUT2D eigenvalue weighted by Gasteiger charge is 2.22. The number of ether oxygens (including phenoxy) is 1. The third-order valence-electron chi connectivity index (χ3n) is 4.53. The van der Waals surface area contributed by atoms with Crippen molar-refractivity contribution in [2.75, 3.05) is 38.6 Å². The summed E-state index contributed by atoms with van der Waals surface area (Å²) in [5.74, 6) is 1.54. The van der Waals surface area contributed by atoms with Gasteiger partial charge in [0.25, 0.3) is 0 Å². The lowest BCUT2D eigenvalue weighted by Gasteiger charge is -2.31. The first-order chi connectivity index (χ1) is 13.2. The first-order valence-corrected chi connectivity index (χ1v) is 9.98. The highest BCUT2D eigenvalue weighted by molar-refractivity contribution is 6.32. The molecule has 2 rings (SSSR count). The standard InChI is InChI=1S/C20H32ClN5O2/c1-20(2,3)25-18(27)13-26-9-7-14(8-10-26)12-23-19(22)24-15-5-6-17(28-4)16(21)11-15/h5-6,11,14H,7-10,12-13H2,1-4H3,(H,25,27)(H3,22,23,24). The van der Waals surface area contributed by atoms with E-state index < -0.39 is 0 Å². The Bertz CT molecular complexity index is 694. The lowest BCUT2D eigenvalue weighted by atomic mass is 9.97. The molecule has 1 saturated heterocycles. The fourth-order valence-corrected chi connectivity index (χ4v) is 3.40. The van der Waals surface area contributed by atoms with Gasteiger partial charge in [0.05, 0.1) is 18.7 Å². The summed E-state index contributed by atoms with van der Waals surface area (Å²) in [5, 5.41) is 6.58. The summed E-state index contributed by atoms with van der Waals surface area (Å²) < 4.78 is 5.14. The van der Waals surface area contributed by atoms with Crippen molar-refractivity contribution in [2.45, 2.75) is 39.2 Å². The molecule has 156 valence electrons. The normalized spacial score (nSPS) is 16.7. The van der Waals surface area contributed by atoms with Gasteiger partial charge in [0.1, 0.15) is 5.75 Å². The molecule has 0 unspecified atom stereocenters. The van der Waals surface area contributed by atoms with E-state index in [0.29, 0.717) is 35.7 Å². The van der Waals surface area contributed by atoms with Gasteiger partial charge in [0.15, 0.2) is 5.96 Å². The highest BCUT2D eigenvalue weighted by atomic mass is 35.5. The number of guanidine groups is 1. The Morgan fingerprint density at radius 1 is 1.36 bits per heavy atom. The van der Waals surface area contributed by atoms with Gasteiger partial charge in [-0.3, -0.25) is 14.7 Å². The van der Waals surface area contributed by atoms with Crippen LogP contribution in [0.1, 0.15) is 33.6 Å². The lowest BCUT2D eigenvalue weighted by molar-refractivity contribution is -0.124. The van der Waals surface area contributed by atoms with Gasteiger partial charge in [-0.15, -0.1) is 0 Å². The first kappa shape index (κ1) is 22.3. The minimum Gasteiger partial charge on any atom is -0.495 e. The fourth-order valence-electron chi connectivity index (χ4n) is 3.15. The molecule has 0 spiro atoms. The quantitative estimate of drug-likeness (QED) is 0.496. The molecule has 0 aliphatic carbocycles. The summed E-state index contributed by atoms with van der Waals surface area (Å²) in [5.41, 5.74) is 6.58. The Kier molecular flexibility index (Phi) is 7.95. The van der Waals surface area contributed by atoms with Gasteiger partial charge in [-0.25, -0.2) is 0 Å². The number of carbonyl (C=O) groups is 1. The van der Waals surface area contributed by atoms with E-state index in [1.165, 1.54) is 0 Å². The second-order valence-corrected chi connectivity index (χ2v) is 8.63. The molecule has 1 aliphatic heterocycles. The molecule has 0 radical (unpaired) electrons. The molecule has 0 atom stereocenters. The second-order valence-electron chi connectivity index (χ2n) is 8.22. The van der Waals surface area contributed by atoms with Gasteiger partial charge < -0.3 is 21.1 Å². The predicted octanol–water partition coefficient (Wildman–Crippen LogP) is 2.70. The van der Waals surface area contributed by atoms with Crippen molar-refractivity contribution in [3.05, 3.63) is 23.2 Å². The van der Waals surface area contributed by atoms with Crippen LogP contribution in [-0.4, -0.2) is 55.6 Å². The first-order valence-electron chi connectivity index (χ1n) is 9.60. The van der Waals surface area contributed by atoms with Crippen LogP contribution in [-0.2, 0) is 4.79 Å². The van der Waals surface area contributed by atoms with Gasteiger partial charge in [-0.1, -0.05) is 11.6 Å². The number of nitrogens with two attached hydrogens (primary N) is 1. The minimum absolute atomic E-state index is 0.0792. The molecule has 1 heterocycles. The van der Waals surface area contributed by atoms with Gasteiger partial charge in [-0.05, 0) is 70.8 Å². The number of amides is 1. The smallest absolute Gasteiger partial charge is 0.234 e. The SMILES string of the molecule is COc1ccc(NC(N)=NCC2CCN(CC(=O)NC(C)(C)C)CC2)cc1Cl. The van der Waals surface area contributed by atoms with Crippen molar-refractivity contribution < 1.29 is 9.53 Å². The number of rotatable bonds is 6. The van der Waals surface area contributed by atoms with Gasteiger partial charge in [0.2, 0.25) is 5.91 Å². The van der Waals surface area contributed by atoms with Crippen molar-refractivity contribution >= 4 is 29.2 Å². The number of halogens is 1. The number of methoxy groups -OCH3 is 1. The van der Waals surface area contributed by atoms with Crippen molar-refractivity contribution in [3.63, 3.8) is 0 Å². The number of piperidine rings is 1. The monoisotopic (exact) mass is 409 g/mol. The maximum Gasteiger partial charge on any atom is 0.234 e. The number of aliphatic imine (C=N–C) groups is 1. The van der Waals surface area contributed by atoms with E-state index in [2.05, 4.69) is 20.5 Å². The maximum absolute atomic E-state index is 12.0. The van der Waals surface area contributed by atoms with Crippen LogP contribution in [0.5, 0.6) is 5.75 Å². The Labute approximate surface area is 172 Å². The van der Waals surface area contributed by atoms with E-state index in [-0.39, 0.29) is 11.4 Å². The van der Waals surface area contributed by atoms with E-state index in [9.17, 15) is 4.79 Å². The molecular weight excluding hydrogens is 378 g/mol. The van der Waals surface area contributed by atoms with Crippen LogP contribution in [0, 0.1) is 5.92 Å². The predicted molar refractivity (Wildman–Crippen MR) is 115 cm³/mol. The molecule has 0 aromatic heterocycles. The molecule has 1 fully saturated rings. The molecule has 0 saturated carbocycles. The summed E-state index contributed by atoms with van der Waals surface area (Å²) in [4.78, 5) is 18.7. The van der Waals surface area contributed by atoms with E-state index in [1.807, 2.05) is 26.8 Å². The zero-order valence-electron chi connectivity index (χ0n) is 17.2. The summed E-state index contributed by atoms with van der Waals surface area (Å²) >= 11 is 6.12. The Balaban J connectivity index is 1.75. The molecule has 1 aliphatic rings. The maximum atomic E-state index is 12.0. The van der Waals surface area contributed by atoms with Crippen molar-refractivity contribution in [2.24, 2.45) is 16.6 Å². The second kappa shape index (κ2) is 9.98. The van der Waals surface area contributed by atoms with E-state index in [0.717, 1.165) is 31.6 Å². The fraction of sp³-hybridized carbons (Fsp3) is 0.600. The molecule has 1 aromatic rings. The molecule has 28 heavy (non-hydrogen) atoms. The van der Waals surface area contributed by atoms with Crippen molar-refractivity contribution in [1.29, 1.82) is 0 Å². The molecular formula is C20H32ClN5O2. The Morgan fingerprint density at radius 3 is 2.61 bits per heavy atom. The number of carbonyl (C=O) groups excluding carboxylic acids is 1. The van der Waals surface area contributed by atoms with Gasteiger partial charge in [-0.2, -0.15) is 0 Å². The molecule has 1 aromatic carbocycles. The third kappa shape index (κ3) is 7.56. The number of nitrogens with one attached hydrogen (secondary N) is 2. The van der Waals surface area contributed by atoms with Crippen LogP contribution in [0.4, 0.5) is 5.69 Å². The number of likely N-dealkylation sites (tertiary alicyclic amines) is 1. The van der Waals surface area contributed by atoms with Gasteiger partial charge >= 0.3 is 0 Å². The van der Waals surface area contributed by atoms with Crippen LogP contribution in [0.25, 0.3) is 0 Å². The number of anilines is 1. The molecule has 8 heteroatoms. The van der Waals surface area contributed by atoms with Crippen LogP contribution in [0.2, 0.25) is 5.02 Å². The highest BCUT2D eigenvalue weighted by Crippen LogP contribution is 2.27. The topological polar surface area (TPSA) is 92.0 Å². The zero-order chi connectivity index (χ0) is 20.7. The van der Waals surface area contributed by atoms with Gasteiger partial charge in [0, 0.05) is 17.8 Å². The summed E-state index contributed by atoms with van der Waals surface area (Å²) in [6, 6.07) is 5.38. The summed E-state index contributed by atoms with van der Waals surface area (Å²) in [6.45, 7) is 8.91. The molecule has 7 nitrogen and oxygen atoms in total. The van der Waals surface area contributed by atoms with Crippen LogP contribution in [0.3, 0.4) is 0 Å². The van der Waals surface area contributed by atoms with Crippen LogP contribution < -0.4 is 21.1 Å². The summed E-state index contributed by atoms with van der Waals surface area (Å²) in [6.07, 6.45) is 2.02. The van der Waals surface area contributed by atoms with Crippen LogP contribution >= 0.6 is 11.6 Å². The van der Waals surface area contributed by atoms with E-state index in [1.54, 1.807) is 19.2 Å². The zero-order valence-corrected chi connectivity index (χ0v) is 18.0. The third-order valence-corrected chi connectivity index (χ3v) is 4.83. The van der Waals surface area contributed by atoms with Crippen molar-refractivity contribution in [1.82, 2.24) is 10.2 Å².